The van der Waals surface area contributed by atoms with Gasteiger partial charge in [-0.05, 0) is 30.9 Å². The predicted molar refractivity (Wildman–Crippen MR) is 80.9 cm³/mol. The monoisotopic (exact) mass is 329 g/mol. The summed E-state index contributed by atoms with van der Waals surface area (Å²) in [7, 11) is 0. The summed E-state index contributed by atoms with van der Waals surface area (Å²) in [5.74, 6) is 0.559. The van der Waals surface area contributed by atoms with E-state index in [4.69, 9.17) is 0 Å². The topological polar surface area (TPSA) is 50.2 Å². The molecule has 1 aromatic carbocycles. The van der Waals surface area contributed by atoms with E-state index in [1.807, 2.05) is 30.5 Å². The molecule has 0 spiro atoms. The number of hydrogen-bond donors (Lipinski definition) is 1. The lowest BCUT2D eigenvalue weighted by Crippen LogP contribution is -2.14. The third-order valence-corrected chi connectivity index (χ3v) is 4.21. The van der Waals surface area contributed by atoms with Gasteiger partial charge in [-0.25, -0.2) is 9.50 Å². The van der Waals surface area contributed by atoms with Gasteiger partial charge < -0.3 is 0 Å². The first-order chi connectivity index (χ1) is 9.72. The lowest BCUT2D eigenvalue weighted by Gasteiger charge is -2.02. The van der Waals surface area contributed by atoms with Crippen molar-refractivity contribution in [3.8, 4) is 11.3 Å². The van der Waals surface area contributed by atoms with E-state index in [1.54, 1.807) is 6.07 Å². The summed E-state index contributed by atoms with van der Waals surface area (Å²) in [5.41, 5.74) is 3.53. The number of hydrogen-bond acceptors (Lipinski definition) is 2. The first-order valence-electron chi connectivity index (χ1n) is 6.59. The molecule has 3 aromatic rings. The van der Waals surface area contributed by atoms with Crippen LogP contribution in [-0.2, 0) is 0 Å². The third-order valence-electron chi connectivity index (χ3n) is 3.68. The number of fused-ring (bicyclic) bond motifs is 1. The number of rotatable bonds is 2. The Kier molecular flexibility index (Phi) is 2.57. The zero-order valence-corrected chi connectivity index (χ0v) is 12.2. The molecule has 4 nitrogen and oxygen atoms in total. The second kappa shape index (κ2) is 4.31. The molecule has 1 aliphatic carbocycles. The molecule has 0 bridgehead atoms. The van der Waals surface area contributed by atoms with Crippen molar-refractivity contribution in [2.45, 2.75) is 18.8 Å². The molecule has 100 valence electrons. The van der Waals surface area contributed by atoms with Crippen LogP contribution in [0.4, 0.5) is 0 Å². The Hall–Kier alpha value is -1.88. The molecule has 1 aliphatic rings. The Morgan fingerprint density at radius 2 is 2.00 bits per heavy atom. The van der Waals surface area contributed by atoms with Gasteiger partial charge in [0.2, 0.25) is 0 Å². The van der Waals surface area contributed by atoms with Crippen molar-refractivity contribution >= 4 is 21.6 Å². The van der Waals surface area contributed by atoms with E-state index in [2.05, 4.69) is 26.0 Å². The number of halogens is 1. The highest BCUT2D eigenvalue weighted by molar-refractivity contribution is 9.10. The molecule has 20 heavy (non-hydrogen) atoms. The number of aromatic nitrogens is 3. The smallest absolute Gasteiger partial charge is 0.273 e. The molecule has 4 rings (SSSR count). The Morgan fingerprint density at radius 3 is 2.70 bits per heavy atom. The number of H-pyrrole nitrogens is 1. The van der Waals surface area contributed by atoms with Crippen molar-refractivity contribution < 1.29 is 0 Å². The number of benzene rings is 1. The normalized spacial score (nSPS) is 14.8. The molecule has 0 radical (unpaired) electrons. The molecule has 1 saturated carbocycles. The number of nitrogens with one attached hydrogen (secondary N) is 1. The van der Waals surface area contributed by atoms with Crippen molar-refractivity contribution in [1.29, 1.82) is 0 Å². The first kappa shape index (κ1) is 11.9. The van der Waals surface area contributed by atoms with Gasteiger partial charge in [0.25, 0.3) is 5.56 Å². The molecule has 5 heteroatoms. The van der Waals surface area contributed by atoms with Gasteiger partial charge in [-0.2, -0.15) is 0 Å². The standard InChI is InChI=1S/C15H12BrN3O/c16-11-5-3-10(4-6-11)13-7-14(20)19-15(18-13)12(8-17-19)9-1-2-9/h3-9,17H,1-2H2. The second-order valence-electron chi connectivity index (χ2n) is 5.15. The first-order valence-corrected chi connectivity index (χ1v) is 7.39. The van der Waals surface area contributed by atoms with Gasteiger partial charge in [-0.1, -0.05) is 28.1 Å². The molecule has 1 N–H and O–H groups in total. The summed E-state index contributed by atoms with van der Waals surface area (Å²) in [6.45, 7) is 0. The van der Waals surface area contributed by atoms with E-state index in [0.717, 1.165) is 26.9 Å². The van der Waals surface area contributed by atoms with Gasteiger partial charge in [0.05, 0.1) is 5.69 Å². The highest BCUT2D eigenvalue weighted by atomic mass is 79.9. The van der Waals surface area contributed by atoms with Crippen LogP contribution in [0, 0.1) is 0 Å². The zero-order valence-electron chi connectivity index (χ0n) is 10.6. The summed E-state index contributed by atoms with van der Waals surface area (Å²) in [6.07, 6.45) is 4.28. The van der Waals surface area contributed by atoms with Crippen LogP contribution in [0.3, 0.4) is 0 Å². The Bertz CT molecular complexity index is 844. The van der Waals surface area contributed by atoms with Crippen molar-refractivity contribution in [3.63, 3.8) is 0 Å². The molecule has 1 fully saturated rings. The maximum Gasteiger partial charge on any atom is 0.273 e. The molecular formula is C15H12BrN3O. The van der Waals surface area contributed by atoms with Crippen LogP contribution in [0.2, 0.25) is 0 Å². The summed E-state index contributed by atoms with van der Waals surface area (Å²) in [4.78, 5) is 16.9. The number of nitrogens with zero attached hydrogens (tertiary/aromatic N) is 2. The fourth-order valence-electron chi connectivity index (χ4n) is 2.46. The molecule has 0 unspecified atom stereocenters. The van der Waals surface area contributed by atoms with Crippen molar-refractivity contribution in [3.05, 3.63) is 56.9 Å². The second-order valence-corrected chi connectivity index (χ2v) is 6.06. The summed E-state index contributed by atoms with van der Waals surface area (Å²) >= 11 is 3.41. The zero-order chi connectivity index (χ0) is 13.7. The Balaban J connectivity index is 1.94. The van der Waals surface area contributed by atoms with Crippen molar-refractivity contribution in [2.24, 2.45) is 0 Å². The van der Waals surface area contributed by atoms with E-state index < -0.39 is 0 Å². The van der Waals surface area contributed by atoms with E-state index in [1.165, 1.54) is 17.4 Å². The quantitative estimate of drug-likeness (QED) is 0.784. The molecule has 2 aromatic heterocycles. The van der Waals surface area contributed by atoms with E-state index in [9.17, 15) is 4.79 Å². The fourth-order valence-corrected chi connectivity index (χ4v) is 2.73. The van der Waals surface area contributed by atoms with Gasteiger partial charge in [0, 0.05) is 27.9 Å². The fraction of sp³-hybridized carbons (Fsp3) is 0.200. The summed E-state index contributed by atoms with van der Waals surface area (Å²) in [6, 6.07) is 9.41. The van der Waals surface area contributed by atoms with Crippen LogP contribution in [0.1, 0.15) is 24.3 Å². The van der Waals surface area contributed by atoms with E-state index >= 15 is 0 Å². The summed E-state index contributed by atoms with van der Waals surface area (Å²) < 4.78 is 2.54. The molecule has 0 saturated heterocycles. The maximum absolute atomic E-state index is 12.2. The van der Waals surface area contributed by atoms with Gasteiger partial charge in [0.1, 0.15) is 0 Å². The highest BCUT2D eigenvalue weighted by Crippen LogP contribution is 2.41. The largest absolute Gasteiger partial charge is 0.297 e. The van der Waals surface area contributed by atoms with Gasteiger partial charge in [0.15, 0.2) is 5.65 Å². The average molecular weight is 330 g/mol. The minimum absolute atomic E-state index is 0.0696. The Labute approximate surface area is 123 Å². The molecular weight excluding hydrogens is 318 g/mol. The van der Waals surface area contributed by atoms with Crippen LogP contribution in [0.5, 0.6) is 0 Å². The minimum Gasteiger partial charge on any atom is -0.297 e. The van der Waals surface area contributed by atoms with Gasteiger partial charge in [-0.15, -0.1) is 0 Å². The Morgan fingerprint density at radius 1 is 1.25 bits per heavy atom. The third kappa shape index (κ3) is 1.89. The predicted octanol–water partition coefficient (Wildman–Crippen LogP) is 3.33. The SMILES string of the molecule is O=c1cc(-c2ccc(Br)cc2)nc2c(C3CC3)c[nH]n12. The van der Waals surface area contributed by atoms with Crippen LogP contribution in [-0.4, -0.2) is 14.6 Å². The van der Waals surface area contributed by atoms with Crippen LogP contribution in [0.15, 0.2) is 45.8 Å². The molecule has 2 heterocycles. The average Bonchev–Trinajstić information content (AvgIpc) is 3.19. The lowest BCUT2D eigenvalue weighted by molar-refractivity contribution is 0.901. The van der Waals surface area contributed by atoms with Gasteiger partial charge in [-0.3, -0.25) is 9.89 Å². The van der Waals surface area contributed by atoms with Crippen LogP contribution >= 0.6 is 15.9 Å². The van der Waals surface area contributed by atoms with E-state index in [-0.39, 0.29) is 5.56 Å². The maximum atomic E-state index is 12.2. The molecule has 0 atom stereocenters. The minimum atomic E-state index is -0.0696. The molecule has 0 aliphatic heterocycles. The van der Waals surface area contributed by atoms with E-state index in [0.29, 0.717) is 5.92 Å². The van der Waals surface area contributed by atoms with Crippen LogP contribution < -0.4 is 5.56 Å². The number of aromatic amines is 1. The van der Waals surface area contributed by atoms with Crippen molar-refractivity contribution in [1.82, 2.24) is 14.6 Å². The summed E-state index contributed by atoms with van der Waals surface area (Å²) in [5, 5.41) is 3.00. The van der Waals surface area contributed by atoms with Gasteiger partial charge >= 0.3 is 0 Å². The van der Waals surface area contributed by atoms with Crippen LogP contribution in [0.25, 0.3) is 16.9 Å². The highest BCUT2D eigenvalue weighted by Gasteiger charge is 2.27. The lowest BCUT2D eigenvalue weighted by atomic mass is 10.1. The molecule has 0 amide bonds. The van der Waals surface area contributed by atoms with Crippen molar-refractivity contribution in [2.75, 3.05) is 0 Å².